The molecule has 0 aromatic heterocycles. The molecular weight excluding hydrogens is 182 g/mol. The first-order valence-electron chi connectivity index (χ1n) is 5.21. The van der Waals surface area contributed by atoms with Gasteiger partial charge in [0, 0.05) is 11.4 Å². The quantitative estimate of drug-likeness (QED) is 0.669. The van der Waals surface area contributed by atoms with E-state index in [1.807, 2.05) is 13.8 Å². The van der Waals surface area contributed by atoms with Gasteiger partial charge < -0.3 is 5.32 Å². The van der Waals surface area contributed by atoms with Gasteiger partial charge in [-0.1, -0.05) is 31.4 Å². The van der Waals surface area contributed by atoms with E-state index in [2.05, 4.69) is 37.2 Å². The minimum Gasteiger partial charge on any atom is -0.359 e. The van der Waals surface area contributed by atoms with Gasteiger partial charge in [0.1, 0.15) is 0 Å². The molecule has 1 heterocycles. The van der Waals surface area contributed by atoms with Crippen LogP contribution >= 0.6 is 0 Å². The molecule has 1 fully saturated rings. The smallest absolute Gasteiger partial charge is 0.0414 e. The summed E-state index contributed by atoms with van der Waals surface area (Å²) < 4.78 is 0. The molecule has 1 rings (SSSR count). The van der Waals surface area contributed by atoms with E-state index in [9.17, 15) is 0 Å². The Morgan fingerprint density at radius 2 is 2.00 bits per heavy atom. The van der Waals surface area contributed by atoms with Gasteiger partial charge in [0.05, 0.1) is 0 Å². The zero-order valence-electron chi connectivity index (χ0n) is 9.69. The molecule has 0 unspecified atom stereocenters. The summed E-state index contributed by atoms with van der Waals surface area (Å²) in [6.45, 7) is 16.0. The number of rotatable bonds is 2. The van der Waals surface area contributed by atoms with Crippen LogP contribution in [-0.2, 0) is 0 Å². The van der Waals surface area contributed by atoms with Crippen molar-refractivity contribution < 1.29 is 0 Å². The summed E-state index contributed by atoms with van der Waals surface area (Å²) in [5.74, 6) is 0. The van der Waals surface area contributed by atoms with Gasteiger partial charge >= 0.3 is 0 Å². The molecule has 0 aliphatic carbocycles. The van der Waals surface area contributed by atoms with Crippen LogP contribution in [0.1, 0.15) is 26.7 Å². The van der Waals surface area contributed by atoms with Crippen LogP contribution in [0.15, 0.2) is 60.0 Å². The van der Waals surface area contributed by atoms with Crippen LogP contribution in [0.4, 0.5) is 0 Å². The minimum absolute atomic E-state index is 0.981. The first-order chi connectivity index (χ1) is 7.04. The maximum Gasteiger partial charge on any atom is 0.0414 e. The summed E-state index contributed by atoms with van der Waals surface area (Å²) in [6, 6.07) is 0. The van der Waals surface area contributed by atoms with Gasteiger partial charge in [0.25, 0.3) is 0 Å². The molecule has 1 heteroatoms. The number of piperidine rings is 1. The standard InChI is InChI=1S/C14H19N/c1-6-13(10(2)3)9-14-11(4)7-8-12(5)15-14/h6,9,15H,2,4-5,7-8H2,1,3H3/b13-6+,14-9+. The SMILES string of the molecule is C=C1CCC(=C)/C(=C\C(=C/C)C(=C)C)N1. The Kier molecular flexibility index (Phi) is 3.73. The van der Waals surface area contributed by atoms with Gasteiger partial charge in [-0.15, -0.1) is 0 Å². The van der Waals surface area contributed by atoms with Gasteiger partial charge in [0.15, 0.2) is 0 Å². The summed E-state index contributed by atoms with van der Waals surface area (Å²) in [5, 5.41) is 3.27. The molecule has 0 radical (unpaired) electrons. The topological polar surface area (TPSA) is 12.0 Å². The van der Waals surface area contributed by atoms with E-state index in [1.54, 1.807) is 0 Å². The van der Waals surface area contributed by atoms with Gasteiger partial charge in [-0.2, -0.15) is 0 Å². The van der Waals surface area contributed by atoms with Crippen molar-refractivity contribution in [3.05, 3.63) is 60.0 Å². The van der Waals surface area contributed by atoms with E-state index >= 15 is 0 Å². The number of hydrogen-bond acceptors (Lipinski definition) is 1. The van der Waals surface area contributed by atoms with Crippen LogP contribution in [0.5, 0.6) is 0 Å². The Morgan fingerprint density at radius 3 is 2.53 bits per heavy atom. The zero-order valence-corrected chi connectivity index (χ0v) is 9.69. The molecule has 1 nitrogen and oxygen atoms in total. The average molecular weight is 201 g/mol. The van der Waals surface area contributed by atoms with Crippen molar-refractivity contribution in [2.24, 2.45) is 0 Å². The summed E-state index contributed by atoms with van der Waals surface area (Å²) in [7, 11) is 0. The maximum atomic E-state index is 4.05. The summed E-state index contributed by atoms with van der Waals surface area (Å²) in [6.07, 6.45) is 6.12. The van der Waals surface area contributed by atoms with E-state index in [-0.39, 0.29) is 0 Å². The number of allylic oxidation sites excluding steroid dienone is 6. The van der Waals surface area contributed by atoms with Crippen LogP contribution in [0.25, 0.3) is 0 Å². The third-order valence-corrected chi connectivity index (χ3v) is 2.52. The van der Waals surface area contributed by atoms with Crippen molar-refractivity contribution in [1.29, 1.82) is 0 Å². The van der Waals surface area contributed by atoms with Gasteiger partial charge in [-0.05, 0) is 43.9 Å². The zero-order chi connectivity index (χ0) is 11.4. The van der Waals surface area contributed by atoms with Gasteiger partial charge in [0.2, 0.25) is 0 Å². The second-order valence-electron chi connectivity index (χ2n) is 3.91. The molecule has 1 saturated heterocycles. The van der Waals surface area contributed by atoms with E-state index in [4.69, 9.17) is 0 Å². The molecule has 1 aliphatic rings. The van der Waals surface area contributed by atoms with Crippen molar-refractivity contribution in [1.82, 2.24) is 5.32 Å². The van der Waals surface area contributed by atoms with Crippen LogP contribution in [0, 0.1) is 0 Å². The normalized spacial score (nSPS) is 20.4. The molecule has 1 N–H and O–H groups in total. The second-order valence-corrected chi connectivity index (χ2v) is 3.91. The van der Waals surface area contributed by atoms with E-state index < -0.39 is 0 Å². The third-order valence-electron chi connectivity index (χ3n) is 2.52. The van der Waals surface area contributed by atoms with E-state index in [0.717, 1.165) is 41.0 Å². The number of nitrogens with one attached hydrogen (secondary N) is 1. The van der Waals surface area contributed by atoms with Crippen LogP contribution in [0.2, 0.25) is 0 Å². The monoisotopic (exact) mass is 201 g/mol. The van der Waals surface area contributed by atoms with Gasteiger partial charge in [-0.3, -0.25) is 0 Å². The highest BCUT2D eigenvalue weighted by molar-refractivity contribution is 5.45. The molecule has 0 aromatic rings. The lowest BCUT2D eigenvalue weighted by molar-refractivity contribution is 0.772. The molecular formula is C14H19N. The summed E-state index contributed by atoms with van der Waals surface area (Å²) in [4.78, 5) is 0. The summed E-state index contributed by atoms with van der Waals surface area (Å²) >= 11 is 0. The molecule has 0 spiro atoms. The Balaban J connectivity index is 2.94. The van der Waals surface area contributed by atoms with Crippen molar-refractivity contribution in [3.8, 4) is 0 Å². The fourth-order valence-electron chi connectivity index (χ4n) is 1.52. The third kappa shape index (κ3) is 2.98. The second kappa shape index (κ2) is 4.83. The predicted molar refractivity (Wildman–Crippen MR) is 67.3 cm³/mol. The lowest BCUT2D eigenvalue weighted by atomic mass is 9.99. The Labute approximate surface area is 92.6 Å². The predicted octanol–water partition coefficient (Wildman–Crippen LogP) is 3.85. The fourth-order valence-corrected chi connectivity index (χ4v) is 1.52. The maximum absolute atomic E-state index is 4.05. The molecule has 0 atom stereocenters. The lowest BCUT2D eigenvalue weighted by Gasteiger charge is -2.22. The van der Waals surface area contributed by atoms with Crippen LogP contribution in [-0.4, -0.2) is 0 Å². The first-order valence-corrected chi connectivity index (χ1v) is 5.21. The van der Waals surface area contributed by atoms with Crippen molar-refractivity contribution in [2.75, 3.05) is 0 Å². The highest BCUT2D eigenvalue weighted by atomic mass is 14.9. The van der Waals surface area contributed by atoms with Crippen LogP contribution in [0.3, 0.4) is 0 Å². The lowest BCUT2D eigenvalue weighted by Crippen LogP contribution is -2.19. The molecule has 0 saturated carbocycles. The van der Waals surface area contributed by atoms with E-state index in [1.165, 1.54) is 0 Å². The molecule has 1 aliphatic heterocycles. The average Bonchev–Trinajstić information content (AvgIpc) is 2.18. The highest BCUT2D eigenvalue weighted by Gasteiger charge is 2.11. The summed E-state index contributed by atoms with van der Waals surface area (Å²) in [5.41, 5.74) is 5.49. The molecule has 0 aromatic carbocycles. The highest BCUT2D eigenvalue weighted by Crippen LogP contribution is 2.23. The first kappa shape index (κ1) is 11.6. The van der Waals surface area contributed by atoms with Crippen molar-refractivity contribution >= 4 is 0 Å². The largest absolute Gasteiger partial charge is 0.359 e. The van der Waals surface area contributed by atoms with E-state index in [0.29, 0.717) is 0 Å². The Morgan fingerprint density at radius 1 is 1.33 bits per heavy atom. The molecule has 0 amide bonds. The van der Waals surface area contributed by atoms with Gasteiger partial charge in [-0.25, -0.2) is 0 Å². The fraction of sp³-hybridized carbons (Fsp3) is 0.286. The van der Waals surface area contributed by atoms with Crippen molar-refractivity contribution in [2.45, 2.75) is 26.7 Å². The molecule has 0 bridgehead atoms. The van der Waals surface area contributed by atoms with Crippen LogP contribution < -0.4 is 5.32 Å². The molecule has 15 heavy (non-hydrogen) atoms. The Bertz CT molecular complexity index is 367. The Hall–Kier alpha value is -1.50. The molecule has 80 valence electrons. The number of hydrogen-bond donors (Lipinski definition) is 1. The minimum atomic E-state index is 0.981. The van der Waals surface area contributed by atoms with Crippen molar-refractivity contribution in [3.63, 3.8) is 0 Å².